The van der Waals surface area contributed by atoms with Gasteiger partial charge in [0.2, 0.25) is 5.91 Å². The summed E-state index contributed by atoms with van der Waals surface area (Å²) >= 11 is 3.48. The number of nitrogens with two attached hydrogens (primary N) is 1. The fraction of sp³-hybridized carbons (Fsp3) is 0.312. The summed E-state index contributed by atoms with van der Waals surface area (Å²) in [4.78, 5) is 22.2. The van der Waals surface area contributed by atoms with E-state index in [4.69, 9.17) is 10.2 Å². The van der Waals surface area contributed by atoms with Gasteiger partial charge in [-0.25, -0.2) is 9.97 Å². The maximum atomic E-state index is 11.3. The quantitative estimate of drug-likeness (QED) is 0.745. The Balaban J connectivity index is 1.76. The number of aromatic nitrogens is 2. The van der Waals surface area contributed by atoms with E-state index in [0.29, 0.717) is 5.58 Å². The van der Waals surface area contributed by atoms with E-state index >= 15 is 0 Å². The molecule has 1 amide bonds. The molecule has 0 atom stereocenters. The highest BCUT2D eigenvalue weighted by molar-refractivity contribution is 9.10. The van der Waals surface area contributed by atoms with Crippen molar-refractivity contribution in [1.29, 1.82) is 0 Å². The first kappa shape index (κ1) is 14.4. The molecule has 1 aliphatic rings. The van der Waals surface area contributed by atoms with Crippen molar-refractivity contribution in [2.75, 3.05) is 18.0 Å². The lowest BCUT2D eigenvalue weighted by molar-refractivity contribution is -0.122. The molecule has 3 aromatic rings. The predicted octanol–water partition coefficient (Wildman–Crippen LogP) is 2.84. The van der Waals surface area contributed by atoms with Crippen molar-refractivity contribution in [3.63, 3.8) is 0 Å². The summed E-state index contributed by atoms with van der Waals surface area (Å²) in [5.74, 6) is 0.520. The number of hydrogen-bond donors (Lipinski definition) is 1. The fourth-order valence-electron chi connectivity index (χ4n) is 3.14. The van der Waals surface area contributed by atoms with Crippen LogP contribution in [0.4, 0.5) is 5.82 Å². The van der Waals surface area contributed by atoms with Crippen LogP contribution in [0.3, 0.4) is 0 Å². The van der Waals surface area contributed by atoms with Crippen LogP contribution in [0.1, 0.15) is 12.8 Å². The number of benzene rings is 1. The second kappa shape index (κ2) is 5.49. The van der Waals surface area contributed by atoms with E-state index in [-0.39, 0.29) is 11.8 Å². The Morgan fingerprint density at radius 1 is 1.30 bits per heavy atom. The summed E-state index contributed by atoms with van der Waals surface area (Å²) < 4.78 is 6.97. The van der Waals surface area contributed by atoms with Gasteiger partial charge in [-0.15, -0.1) is 0 Å². The van der Waals surface area contributed by atoms with E-state index in [0.717, 1.165) is 52.7 Å². The number of hydrogen-bond acceptors (Lipinski definition) is 5. The summed E-state index contributed by atoms with van der Waals surface area (Å²) in [6.45, 7) is 1.47. The molecule has 0 saturated carbocycles. The number of piperidine rings is 1. The smallest absolute Gasteiger partial charge is 0.220 e. The molecule has 0 bridgehead atoms. The van der Waals surface area contributed by atoms with Crippen LogP contribution in [-0.2, 0) is 4.79 Å². The highest BCUT2D eigenvalue weighted by Crippen LogP contribution is 2.34. The van der Waals surface area contributed by atoms with Crippen LogP contribution in [-0.4, -0.2) is 29.0 Å². The molecule has 0 radical (unpaired) electrons. The van der Waals surface area contributed by atoms with Crippen molar-refractivity contribution >= 4 is 49.7 Å². The SMILES string of the molecule is NC(=O)C1CCN(c2ncnc3c2oc2ccc(Br)cc23)CC1. The Bertz CT molecular complexity index is 900. The number of amides is 1. The molecular formula is C16H15BrN4O2. The van der Waals surface area contributed by atoms with Gasteiger partial charge < -0.3 is 15.1 Å². The van der Waals surface area contributed by atoms with E-state index in [1.54, 1.807) is 6.33 Å². The predicted molar refractivity (Wildman–Crippen MR) is 91.1 cm³/mol. The molecule has 4 rings (SSSR count). The first-order valence-corrected chi connectivity index (χ1v) is 8.30. The number of carbonyl (C=O) groups excluding carboxylic acids is 1. The van der Waals surface area contributed by atoms with Gasteiger partial charge in [-0.05, 0) is 31.0 Å². The highest BCUT2D eigenvalue weighted by atomic mass is 79.9. The summed E-state index contributed by atoms with van der Waals surface area (Å²) in [6, 6.07) is 5.86. The average molecular weight is 375 g/mol. The van der Waals surface area contributed by atoms with Gasteiger partial charge in [-0.1, -0.05) is 15.9 Å². The highest BCUT2D eigenvalue weighted by Gasteiger charge is 2.26. The maximum Gasteiger partial charge on any atom is 0.220 e. The van der Waals surface area contributed by atoms with Crippen molar-refractivity contribution < 1.29 is 9.21 Å². The third kappa shape index (κ3) is 2.45. The molecule has 1 aromatic carbocycles. The molecule has 1 fully saturated rings. The van der Waals surface area contributed by atoms with Crippen molar-refractivity contribution in [3.8, 4) is 0 Å². The molecule has 1 saturated heterocycles. The minimum absolute atomic E-state index is 0.0461. The molecule has 0 unspecified atom stereocenters. The van der Waals surface area contributed by atoms with Crippen LogP contribution in [0, 0.1) is 5.92 Å². The van der Waals surface area contributed by atoms with Crippen molar-refractivity contribution in [3.05, 3.63) is 29.0 Å². The van der Waals surface area contributed by atoms with Gasteiger partial charge in [0, 0.05) is 28.9 Å². The zero-order valence-corrected chi connectivity index (χ0v) is 13.9. The number of anilines is 1. The van der Waals surface area contributed by atoms with Crippen molar-refractivity contribution in [2.24, 2.45) is 11.7 Å². The lowest BCUT2D eigenvalue weighted by Gasteiger charge is -2.31. The fourth-order valence-corrected chi connectivity index (χ4v) is 3.50. The Morgan fingerprint density at radius 2 is 2.09 bits per heavy atom. The van der Waals surface area contributed by atoms with Gasteiger partial charge in [0.25, 0.3) is 0 Å². The molecule has 6 nitrogen and oxygen atoms in total. The number of fused-ring (bicyclic) bond motifs is 3. The molecule has 0 aliphatic carbocycles. The topological polar surface area (TPSA) is 85.3 Å². The van der Waals surface area contributed by atoms with Crippen LogP contribution in [0.2, 0.25) is 0 Å². The average Bonchev–Trinajstić information content (AvgIpc) is 2.93. The Morgan fingerprint density at radius 3 is 2.83 bits per heavy atom. The second-order valence-corrected chi connectivity index (χ2v) is 6.70. The molecule has 0 spiro atoms. The zero-order valence-electron chi connectivity index (χ0n) is 12.3. The molecule has 3 heterocycles. The summed E-state index contributed by atoms with van der Waals surface area (Å²) in [6.07, 6.45) is 3.05. The van der Waals surface area contributed by atoms with Gasteiger partial charge in [-0.3, -0.25) is 4.79 Å². The summed E-state index contributed by atoms with van der Waals surface area (Å²) in [7, 11) is 0. The molecule has 2 N–H and O–H groups in total. The van der Waals surface area contributed by atoms with Crippen molar-refractivity contribution in [2.45, 2.75) is 12.8 Å². The Hall–Kier alpha value is -2.15. The number of carbonyl (C=O) groups is 1. The number of rotatable bonds is 2. The van der Waals surface area contributed by atoms with Gasteiger partial charge in [-0.2, -0.15) is 0 Å². The van der Waals surface area contributed by atoms with Gasteiger partial charge in [0.15, 0.2) is 11.4 Å². The van der Waals surface area contributed by atoms with Crippen LogP contribution in [0.15, 0.2) is 33.4 Å². The molecule has 7 heteroatoms. The first-order chi connectivity index (χ1) is 11.1. The second-order valence-electron chi connectivity index (χ2n) is 5.78. The van der Waals surface area contributed by atoms with Crippen LogP contribution in [0.5, 0.6) is 0 Å². The summed E-state index contributed by atoms with van der Waals surface area (Å²) in [5.41, 5.74) is 7.69. The largest absolute Gasteiger partial charge is 0.450 e. The zero-order chi connectivity index (χ0) is 16.0. The van der Waals surface area contributed by atoms with Crippen molar-refractivity contribution in [1.82, 2.24) is 9.97 Å². The van der Waals surface area contributed by atoms with Crippen LogP contribution < -0.4 is 10.6 Å². The number of furan rings is 1. The normalized spacial score (nSPS) is 16.3. The summed E-state index contributed by atoms with van der Waals surface area (Å²) in [5, 5.41) is 0.963. The first-order valence-electron chi connectivity index (χ1n) is 7.50. The van der Waals surface area contributed by atoms with Gasteiger partial charge in [0.05, 0.1) is 0 Å². The lowest BCUT2D eigenvalue weighted by Crippen LogP contribution is -2.39. The molecule has 1 aliphatic heterocycles. The Kier molecular flexibility index (Phi) is 3.45. The molecular weight excluding hydrogens is 360 g/mol. The molecule has 23 heavy (non-hydrogen) atoms. The molecule has 2 aromatic heterocycles. The number of halogens is 1. The number of nitrogens with zero attached hydrogens (tertiary/aromatic N) is 3. The van der Waals surface area contributed by atoms with E-state index in [1.165, 1.54) is 0 Å². The third-order valence-corrected chi connectivity index (χ3v) is 4.88. The maximum absolute atomic E-state index is 11.3. The van der Waals surface area contributed by atoms with E-state index in [1.807, 2.05) is 18.2 Å². The third-order valence-electron chi connectivity index (χ3n) is 4.39. The van der Waals surface area contributed by atoms with E-state index in [2.05, 4.69) is 30.8 Å². The number of primary amides is 1. The minimum Gasteiger partial charge on any atom is -0.450 e. The van der Waals surface area contributed by atoms with Gasteiger partial charge >= 0.3 is 0 Å². The van der Waals surface area contributed by atoms with Crippen LogP contribution >= 0.6 is 15.9 Å². The van der Waals surface area contributed by atoms with E-state index in [9.17, 15) is 4.79 Å². The minimum atomic E-state index is -0.217. The lowest BCUT2D eigenvalue weighted by atomic mass is 9.96. The molecule has 118 valence electrons. The van der Waals surface area contributed by atoms with Crippen LogP contribution in [0.25, 0.3) is 22.1 Å². The standard InChI is InChI=1S/C16H15BrN4O2/c17-10-1-2-12-11(7-10)13-14(23-12)16(20-8-19-13)21-5-3-9(4-6-21)15(18)22/h1-2,7-9H,3-6H2,(H2,18,22). The van der Waals surface area contributed by atoms with Gasteiger partial charge in [0.1, 0.15) is 17.4 Å². The monoisotopic (exact) mass is 374 g/mol. The van der Waals surface area contributed by atoms with E-state index < -0.39 is 0 Å². The Labute approximate surface area is 140 Å².